The number of nitrogens with zero attached hydrogens (tertiary/aromatic N) is 2. The van der Waals surface area contributed by atoms with Crippen LogP contribution in [-0.4, -0.2) is 9.91 Å². The fourth-order valence-electron chi connectivity index (χ4n) is 1.43. The first-order valence-corrected chi connectivity index (χ1v) is 5.46. The van der Waals surface area contributed by atoms with E-state index in [0.717, 1.165) is 11.1 Å². The van der Waals surface area contributed by atoms with Crippen molar-refractivity contribution < 1.29 is 4.92 Å². The maximum Gasteiger partial charge on any atom is 0.310 e. The molecule has 0 aromatic carbocycles. The van der Waals surface area contributed by atoms with Crippen LogP contribution in [0.5, 0.6) is 0 Å². The highest BCUT2D eigenvalue weighted by atomic mass is 35.5. The summed E-state index contributed by atoms with van der Waals surface area (Å²) in [7, 11) is 0. The zero-order valence-corrected chi connectivity index (χ0v) is 9.65. The molecule has 0 amide bonds. The van der Waals surface area contributed by atoms with Crippen LogP contribution in [0.1, 0.15) is 11.3 Å². The molecule has 78 valence electrons. The van der Waals surface area contributed by atoms with Crippen molar-refractivity contribution in [2.24, 2.45) is 0 Å². The minimum Gasteiger partial charge on any atom is -0.258 e. The molecule has 15 heavy (non-hydrogen) atoms. The van der Waals surface area contributed by atoms with Gasteiger partial charge in [0.1, 0.15) is 10.7 Å². The van der Waals surface area contributed by atoms with Gasteiger partial charge in [-0.2, -0.15) is 0 Å². The number of halogens is 1. The molecule has 0 aliphatic carbocycles. The van der Waals surface area contributed by atoms with Crippen molar-refractivity contribution in [3.8, 4) is 0 Å². The zero-order chi connectivity index (χ0) is 11.2. The lowest BCUT2D eigenvalue weighted by molar-refractivity contribution is -0.385. The number of pyridine rings is 1. The van der Waals surface area contributed by atoms with Gasteiger partial charge in [-0.05, 0) is 24.8 Å². The van der Waals surface area contributed by atoms with E-state index in [1.807, 2.05) is 12.3 Å². The smallest absolute Gasteiger partial charge is 0.258 e. The number of hydrogen-bond acceptors (Lipinski definition) is 4. The number of thiophene rings is 1. The van der Waals surface area contributed by atoms with E-state index in [4.69, 9.17) is 11.6 Å². The number of hydrogen-bond donors (Lipinski definition) is 0. The first kappa shape index (κ1) is 10.3. The van der Waals surface area contributed by atoms with E-state index < -0.39 is 4.92 Å². The lowest BCUT2D eigenvalue weighted by Crippen LogP contribution is -1.95. The second-order valence-electron chi connectivity index (χ2n) is 3.21. The third kappa shape index (κ3) is 1.48. The monoisotopic (exact) mass is 242 g/mol. The van der Waals surface area contributed by atoms with Crippen molar-refractivity contribution in [2.75, 3.05) is 0 Å². The lowest BCUT2D eigenvalue weighted by Gasteiger charge is -2.00. The van der Waals surface area contributed by atoms with Gasteiger partial charge in [-0.3, -0.25) is 10.1 Å². The number of aromatic nitrogens is 1. The van der Waals surface area contributed by atoms with Gasteiger partial charge in [0, 0.05) is 0 Å². The summed E-state index contributed by atoms with van der Waals surface area (Å²) in [6.45, 7) is 3.51. The van der Waals surface area contributed by atoms with Crippen molar-refractivity contribution in [3.05, 3.63) is 31.8 Å². The van der Waals surface area contributed by atoms with Gasteiger partial charge in [0.25, 0.3) is 0 Å². The molecule has 0 bridgehead atoms. The van der Waals surface area contributed by atoms with Gasteiger partial charge in [0.2, 0.25) is 0 Å². The van der Waals surface area contributed by atoms with Gasteiger partial charge < -0.3 is 0 Å². The van der Waals surface area contributed by atoms with Gasteiger partial charge in [0.15, 0.2) is 0 Å². The van der Waals surface area contributed by atoms with Crippen molar-refractivity contribution in [3.63, 3.8) is 0 Å². The molecule has 0 aliphatic heterocycles. The second kappa shape index (κ2) is 3.43. The molecule has 0 spiro atoms. The topological polar surface area (TPSA) is 56.0 Å². The van der Waals surface area contributed by atoms with E-state index in [0.29, 0.717) is 10.4 Å². The van der Waals surface area contributed by atoms with Crippen molar-refractivity contribution in [1.82, 2.24) is 4.98 Å². The van der Waals surface area contributed by atoms with Gasteiger partial charge in [-0.15, -0.1) is 11.3 Å². The van der Waals surface area contributed by atoms with Crippen LogP contribution in [-0.2, 0) is 0 Å². The van der Waals surface area contributed by atoms with E-state index in [1.165, 1.54) is 11.3 Å². The molecular weight excluding hydrogens is 236 g/mol. The molecule has 4 nitrogen and oxygen atoms in total. The Hall–Kier alpha value is -1.20. The average Bonchev–Trinajstić information content (AvgIpc) is 2.47. The van der Waals surface area contributed by atoms with E-state index in [2.05, 4.69) is 4.98 Å². The first-order chi connectivity index (χ1) is 7.02. The van der Waals surface area contributed by atoms with Crippen LogP contribution in [0, 0.1) is 24.0 Å². The van der Waals surface area contributed by atoms with E-state index in [-0.39, 0.29) is 10.7 Å². The minimum atomic E-state index is -0.487. The number of fused-ring (bicyclic) bond motifs is 1. The summed E-state index contributed by atoms with van der Waals surface area (Å²) in [4.78, 5) is 14.5. The largest absolute Gasteiger partial charge is 0.310 e. The summed E-state index contributed by atoms with van der Waals surface area (Å²) < 4.78 is 0.687. The fraction of sp³-hybridized carbons (Fsp3) is 0.222. The molecule has 0 fully saturated rings. The number of rotatable bonds is 1. The molecule has 2 aromatic heterocycles. The fourth-order valence-corrected chi connectivity index (χ4v) is 2.79. The predicted molar refractivity (Wildman–Crippen MR) is 60.8 cm³/mol. The number of aryl methyl sites for hydroxylation is 2. The quantitative estimate of drug-likeness (QED) is 0.568. The highest BCUT2D eigenvalue weighted by Crippen LogP contribution is 2.38. The average molecular weight is 243 g/mol. The molecule has 0 saturated carbocycles. The molecule has 0 N–H and O–H groups in total. The van der Waals surface area contributed by atoms with E-state index in [1.54, 1.807) is 6.92 Å². The number of nitro groups is 1. The summed E-state index contributed by atoms with van der Waals surface area (Å²) >= 11 is 7.37. The molecular formula is C9H7ClN2O2S. The van der Waals surface area contributed by atoms with Gasteiger partial charge >= 0.3 is 5.69 Å². The Bertz CT molecular complexity index is 565. The van der Waals surface area contributed by atoms with Crippen molar-refractivity contribution in [2.45, 2.75) is 13.8 Å². The first-order valence-electron chi connectivity index (χ1n) is 4.20. The van der Waals surface area contributed by atoms with Crippen LogP contribution in [0.2, 0.25) is 5.02 Å². The zero-order valence-electron chi connectivity index (χ0n) is 8.07. The van der Waals surface area contributed by atoms with Crippen LogP contribution in [0.25, 0.3) is 10.2 Å². The lowest BCUT2D eigenvalue weighted by atomic mass is 10.2. The highest BCUT2D eigenvalue weighted by molar-refractivity contribution is 7.18. The molecule has 0 aliphatic rings. The predicted octanol–water partition coefficient (Wildman–Crippen LogP) is 3.47. The van der Waals surface area contributed by atoms with Crippen molar-refractivity contribution in [1.29, 1.82) is 0 Å². The molecule has 2 rings (SSSR count). The van der Waals surface area contributed by atoms with Gasteiger partial charge in [-0.25, -0.2) is 4.98 Å². The molecule has 6 heteroatoms. The third-order valence-corrected chi connectivity index (χ3v) is 3.74. The normalized spacial score (nSPS) is 10.9. The summed E-state index contributed by atoms with van der Waals surface area (Å²) in [6.07, 6.45) is 0. The summed E-state index contributed by atoms with van der Waals surface area (Å²) in [6, 6.07) is 0. The Balaban J connectivity index is 2.91. The van der Waals surface area contributed by atoms with E-state index in [9.17, 15) is 10.1 Å². The van der Waals surface area contributed by atoms with Crippen LogP contribution in [0.15, 0.2) is 5.38 Å². The Labute approximate surface area is 94.7 Å². The Morgan fingerprint density at radius 3 is 2.80 bits per heavy atom. The Morgan fingerprint density at radius 1 is 1.53 bits per heavy atom. The summed E-state index contributed by atoms with van der Waals surface area (Å²) in [5.41, 5.74) is 2.02. The molecule has 0 saturated heterocycles. The standard InChI is InChI=1S/C9H7ClN2O2S/c1-4-3-15-9-6(10)8(12(13)14)5(2)11-7(4)9/h3H,1-2H3. The van der Waals surface area contributed by atoms with Gasteiger partial charge in [-0.1, -0.05) is 11.6 Å². The highest BCUT2D eigenvalue weighted by Gasteiger charge is 2.22. The van der Waals surface area contributed by atoms with Crippen LogP contribution >= 0.6 is 22.9 Å². The minimum absolute atomic E-state index is 0.0917. The van der Waals surface area contributed by atoms with Crippen molar-refractivity contribution >= 4 is 38.8 Å². The molecule has 2 aromatic rings. The maximum atomic E-state index is 10.8. The van der Waals surface area contributed by atoms with Crippen LogP contribution in [0.3, 0.4) is 0 Å². The van der Waals surface area contributed by atoms with Crippen LogP contribution < -0.4 is 0 Å². The Morgan fingerprint density at radius 2 is 2.20 bits per heavy atom. The summed E-state index contributed by atoms with van der Waals surface area (Å²) in [5.74, 6) is 0. The molecule has 0 unspecified atom stereocenters. The molecule has 0 atom stereocenters. The van der Waals surface area contributed by atoms with E-state index >= 15 is 0 Å². The molecule has 2 heterocycles. The SMILES string of the molecule is Cc1nc2c(C)csc2c(Cl)c1[N+](=O)[O-]. The Kier molecular flexibility index (Phi) is 2.36. The maximum absolute atomic E-state index is 10.8. The third-order valence-electron chi connectivity index (χ3n) is 2.15. The molecule has 0 radical (unpaired) electrons. The summed E-state index contributed by atoms with van der Waals surface area (Å²) in [5, 5.41) is 12.9. The van der Waals surface area contributed by atoms with Crippen LogP contribution in [0.4, 0.5) is 5.69 Å². The second-order valence-corrected chi connectivity index (χ2v) is 4.47. The van der Waals surface area contributed by atoms with Gasteiger partial charge in [0.05, 0.1) is 15.1 Å².